The van der Waals surface area contributed by atoms with Gasteiger partial charge in [0.15, 0.2) is 17.6 Å². The van der Waals surface area contributed by atoms with Crippen molar-refractivity contribution in [3.63, 3.8) is 0 Å². The highest BCUT2D eigenvalue weighted by atomic mass is 16.6. The van der Waals surface area contributed by atoms with E-state index in [4.69, 9.17) is 14.2 Å². The Morgan fingerprint density at radius 2 is 1.72 bits per heavy atom. The van der Waals surface area contributed by atoms with Crippen LogP contribution in [0.15, 0.2) is 72.9 Å². The van der Waals surface area contributed by atoms with Gasteiger partial charge < -0.3 is 19.5 Å². The summed E-state index contributed by atoms with van der Waals surface area (Å²) in [6.07, 6.45) is 1.07. The predicted octanol–water partition coefficient (Wildman–Crippen LogP) is 4.47. The van der Waals surface area contributed by atoms with Gasteiger partial charge in [0.05, 0.1) is 22.9 Å². The molecule has 1 atom stereocenters. The van der Waals surface area contributed by atoms with Crippen LogP contribution in [-0.2, 0) is 4.79 Å². The number of ether oxygens (including phenoxy) is 3. The van der Waals surface area contributed by atoms with Crippen LogP contribution in [0.1, 0.15) is 6.92 Å². The minimum absolute atomic E-state index is 0.258. The van der Waals surface area contributed by atoms with Gasteiger partial charge in [0.25, 0.3) is 5.91 Å². The fourth-order valence-electron chi connectivity index (χ4n) is 3.42. The molecule has 160 valence electrons. The van der Waals surface area contributed by atoms with Crippen LogP contribution in [0.2, 0.25) is 0 Å². The van der Waals surface area contributed by atoms with Crippen molar-refractivity contribution in [2.24, 2.45) is 0 Å². The molecule has 7 heteroatoms. The lowest BCUT2D eigenvalue weighted by molar-refractivity contribution is -0.122. The Balaban J connectivity index is 1.24. The molecule has 0 saturated carbocycles. The van der Waals surface area contributed by atoms with Gasteiger partial charge in [0.2, 0.25) is 0 Å². The van der Waals surface area contributed by atoms with E-state index >= 15 is 0 Å². The Morgan fingerprint density at radius 1 is 0.969 bits per heavy atom. The number of aromatic nitrogens is 2. The zero-order valence-corrected chi connectivity index (χ0v) is 17.4. The average molecular weight is 427 g/mol. The normalized spacial score (nSPS) is 13.4. The predicted molar refractivity (Wildman–Crippen MR) is 121 cm³/mol. The lowest BCUT2D eigenvalue weighted by Crippen LogP contribution is -2.30. The molecule has 1 aliphatic rings. The number of rotatable bonds is 5. The molecule has 1 N–H and O–H groups in total. The van der Waals surface area contributed by atoms with E-state index in [1.165, 1.54) is 0 Å². The molecule has 3 aromatic carbocycles. The molecule has 0 unspecified atom stereocenters. The summed E-state index contributed by atoms with van der Waals surface area (Å²) in [5.74, 6) is 1.63. The maximum absolute atomic E-state index is 12.6. The second-order valence-electron chi connectivity index (χ2n) is 7.38. The molecule has 0 fully saturated rings. The van der Waals surface area contributed by atoms with Crippen molar-refractivity contribution in [1.29, 1.82) is 0 Å². The molecule has 1 amide bonds. The van der Waals surface area contributed by atoms with Gasteiger partial charge in [-0.1, -0.05) is 12.1 Å². The molecule has 0 aliphatic carbocycles. The zero-order valence-electron chi connectivity index (χ0n) is 17.4. The van der Waals surface area contributed by atoms with E-state index in [1.807, 2.05) is 48.5 Å². The fraction of sp³-hybridized carbons (Fsp3) is 0.160. The van der Waals surface area contributed by atoms with Gasteiger partial charge in [0.1, 0.15) is 19.0 Å². The van der Waals surface area contributed by atoms with E-state index in [1.54, 1.807) is 31.3 Å². The standard InChI is InChI=1S/C25H21N3O4/c1-16(25(29)27-18-8-11-23-24(14-18)31-13-12-30-23)32-19-9-6-17(7-10-19)22-15-26-20-4-2-3-5-21(20)28-22/h2-11,14-16H,12-13H2,1H3,(H,27,29)/t16-/m1/s1. The number of hydrogen-bond donors (Lipinski definition) is 1. The first-order valence-corrected chi connectivity index (χ1v) is 10.4. The first-order valence-electron chi connectivity index (χ1n) is 10.4. The van der Waals surface area contributed by atoms with Crippen molar-refractivity contribution in [3.05, 3.63) is 72.9 Å². The number of amides is 1. The molecule has 0 radical (unpaired) electrons. The molecule has 2 heterocycles. The summed E-state index contributed by atoms with van der Waals surface area (Å²) in [5.41, 5.74) is 4.02. The van der Waals surface area contributed by atoms with Crippen LogP contribution in [0.4, 0.5) is 5.69 Å². The first-order chi connectivity index (χ1) is 15.7. The summed E-state index contributed by atoms with van der Waals surface area (Å²) in [5, 5.41) is 2.85. The number of carbonyl (C=O) groups is 1. The van der Waals surface area contributed by atoms with Crippen LogP contribution in [-0.4, -0.2) is 35.2 Å². The van der Waals surface area contributed by atoms with Crippen molar-refractivity contribution in [3.8, 4) is 28.5 Å². The molecule has 0 spiro atoms. The monoisotopic (exact) mass is 427 g/mol. The van der Waals surface area contributed by atoms with Crippen LogP contribution in [0.25, 0.3) is 22.3 Å². The van der Waals surface area contributed by atoms with Crippen LogP contribution in [0.5, 0.6) is 17.2 Å². The number of benzene rings is 3. The summed E-state index contributed by atoms with van der Waals surface area (Å²) in [6.45, 7) is 2.72. The Morgan fingerprint density at radius 3 is 2.53 bits per heavy atom. The summed E-state index contributed by atoms with van der Waals surface area (Å²) in [4.78, 5) is 21.7. The quantitative estimate of drug-likeness (QED) is 0.506. The van der Waals surface area contributed by atoms with E-state index in [0.717, 1.165) is 22.3 Å². The molecule has 7 nitrogen and oxygen atoms in total. The van der Waals surface area contributed by atoms with Gasteiger partial charge >= 0.3 is 0 Å². The Bertz CT molecular complexity index is 1270. The molecule has 0 saturated heterocycles. The van der Waals surface area contributed by atoms with Gasteiger partial charge in [-0.2, -0.15) is 0 Å². The molecular formula is C25H21N3O4. The van der Waals surface area contributed by atoms with E-state index in [-0.39, 0.29) is 5.91 Å². The van der Waals surface area contributed by atoms with Gasteiger partial charge in [-0.15, -0.1) is 0 Å². The second kappa shape index (κ2) is 8.55. The lowest BCUT2D eigenvalue weighted by atomic mass is 10.1. The highest BCUT2D eigenvalue weighted by Crippen LogP contribution is 2.32. The van der Waals surface area contributed by atoms with Crippen molar-refractivity contribution >= 4 is 22.6 Å². The SMILES string of the molecule is C[C@@H](Oc1ccc(-c2cnc3ccccc3n2)cc1)C(=O)Nc1ccc2c(c1)OCCO2. The van der Waals surface area contributed by atoms with Crippen LogP contribution in [0, 0.1) is 0 Å². The molecule has 1 aliphatic heterocycles. The first kappa shape index (κ1) is 19.8. The summed E-state index contributed by atoms with van der Waals surface area (Å²) >= 11 is 0. The minimum atomic E-state index is -0.686. The average Bonchev–Trinajstić information content (AvgIpc) is 2.84. The van der Waals surface area contributed by atoms with Crippen molar-refractivity contribution in [2.45, 2.75) is 13.0 Å². The number of para-hydroxylation sites is 2. The topological polar surface area (TPSA) is 82.6 Å². The maximum Gasteiger partial charge on any atom is 0.265 e. The maximum atomic E-state index is 12.6. The highest BCUT2D eigenvalue weighted by Gasteiger charge is 2.17. The number of fused-ring (bicyclic) bond motifs is 2. The molecule has 5 rings (SSSR count). The minimum Gasteiger partial charge on any atom is -0.486 e. The number of anilines is 1. The van der Waals surface area contributed by atoms with Gasteiger partial charge in [-0.3, -0.25) is 9.78 Å². The van der Waals surface area contributed by atoms with E-state index in [2.05, 4.69) is 15.3 Å². The van der Waals surface area contributed by atoms with Crippen molar-refractivity contribution < 1.29 is 19.0 Å². The largest absolute Gasteiger partial charge is 0.486 e. The number of hydrogen-bond acceptors (Lipinski definition) is 6. The lowest BCUT2D eigenvalue weighted by Gasteiger charge is -2.20. The van der Waals surface area contributed by atoms with Gasteiger partial charge in [0, 0.05) is 17.3 Å². The van der Waals surface area contributed by atoms with Crippen LogP contribution < -0.4 is 19.5 Å². The Labute approximate surface area is 185 Å². The third-order valence-electron chi connectivity index (χ3n) is 5.09. The molecule has 32 heavy (non-hydrogen) atoms. The van der Waals surface area contributed by atoms with Crippen LogP contribution in [0.3, 0.4) is 0 Å². The Kier molecular flexibility index (Phi) is 5.29. The molecule has 1 aromatic heterocycles. The van der Waals surface area contributed by atoms with E-state index < -0.39 is 6.10 Å². The molecule has 0 bridgehead atoms. The van der Waals surface area contributed by atoms with Gasteiger partial charge in [-0.25, -0.2) is 4.98 Å². The van der Waals surface area contributed by atoms with Gasteiger partial charge in [-0.05, 0) is 55.5 Å². The van der Waals surface area contributed by atoms with Crippen LogP contribution >= 0.6 is 0 Å². The second-order valence-corrected chi connectivity index (χ2v) is 7.38. The number of nitrogens with one attached hydrogen (secondary N) is 1. The zero-order chi connectivity index (χ0) is 21.9. The number of carbonyl (C=O) groups excluding carboxylic acids is 1. The third-order valence-corrected chi connectivity index (χ3v) is 5.09. The smallest absolute Gasteiger partial charge is 0.265 e. The summed E-state index contributed by atoms with van der Waals surface area (Å²) < 4.78 is 16.9. The third kappa shape index (κ3) is 4.18. The van der Waals surface area contributed by atoms with E-state index in [9.17, 15) is 4.79 Å². The van der Waals surface area contributed by atoms with Crippen molar-refractivity contribution in [2.75, 3.05) is 18.5 Å². The number of nitrogens with zero attached hydrogens (tertiary/aromatic N) is 2. The summed E-state index contributed by atoms with van der Waals surface area (Å²) in [6, 6.07) is 20.5. The highest BCUT2D eigenvalue weighted by molar-refractivity contribution is 5.94. The van der Waals surface area contributed by atoms with Crippen molar-refractivity contribution in [1.82, 2.24) is 9.97 Å². The fourth-order valence-corrected chi connectivity index (χ4v) is 3.42. The molecular weight excluding hydrogens is 406 g/mol. The molecule has 4 aromatic rings. The van der Waals surface area contributed by atoms with E-state index in [0.29, 0.717) is 36.1 Å². The Hall–Kier alpha value is -4.13. The summed E-state index contributed by atoms with van der Waals surface area (Å²) in [7, 11) is 0.